The zero-order chi connectivity index (χ0) is 22.2. The van der Waals surface area contributed by atoms with Crippen molar-refractivity contribution in [3.05, 3.63) is 54.1 Å². The topological polar surface area (TPSA) is 88.1 Å². The molecule has 0 aliphatic heterocycles. The van der Waals surface area contributed by atoms with E-state index in [4.69, 9.17) is 18.4 Å². The zero-order valence-corrected chi connectivity index (χ0v) is 18.5. The third-order valence-corrected chi connectivity index (χ3v) is 4.49. The van der Waals surface area contributed by atoms with Gasteiger partial charge in [-0.05, 0) is 63.4 Å². The van der Waals surface area contributed by atoms with Crippen molar-refractivity contribution in [2.24, 2.45) is 0 Å². The van der Waals surface area contributed by atoms with Gasteiger partial charge in [0.1, 0.15) is 17.2 Å². The van der Waals surface area contributed by atoms with Crippen molar-refractivity contribution in [1.29, 1.82) is 0 Å². The summed E-state index contributed by atoms with van der Waals surface area (Å²) in [7, 11) is -3.57. The van der Waals surface area contributed by atoms with Gasteiger partial charge in [0.15, 0.2) is 5.60 Å². The first-order chi connectivity index (χ1) is 14.1. The van der Waals surface area contributed by atoms with Crippen LogP contribution in [0.2, 0.25) is 0 Å². The monoisotopic (exact) mass is 436 g/mol. The van der Waals surface area contributed by atoms with E-state index in [9.17, 15) is 13.2 Å². The van der Waals surface area contributed by atoms with Gasteiger partial charge in [0.25, 0.3) is 0 Å². The van der Waals surface area contributed by atoms with Crippen LogP contribution in [0.5, 0.6) is 17.2 Å². The molecule has 0 heterocycles. The van der Waals surface area contributed by atoms with Gasteiger partial charge in [-0.15, -0.1) is 0 Å². The Kier molecular flexibility index (Phi) is 8.11. The molecule has 0 N–H and O–H groups in total. The van der Waals surface area contributed by atoms with Gasteiger partial charge in [-0.1, -0.05) is 18.2 Å². The van der Waals surface area contributed by atoms with E-state index < -0.39 is 21.7 Å². The molecular weight excluding hydrogens is 408 g/mol. The molecular formula is C22H28O7S. The second-order valence-electron chi connectivity index (χ2n) is 7.19. The Morgan fingerprint density at radius 3 is 2.30 bits per heavy atom. The van der Waals surface area contributed by atoms with E-state index in [2.05, 4.69) is 0 Å². The quantitative estimate of drug-likeness (QED) is 0.301. The van der Waals surface area contributed by atoms with E-state index in [1.807, 2.05) is 24.3 Å². The lowest BCUT2D eigenvalue weighted by molar-refractivity contribution is -0.158. The number of esters is 1. The predicted octanol–water partition coefficient (Wildman–Crippen LogP) is 3.76. The molecule has 0 atom stereocenters. The van der Waals surface area contributed by atoms with Crippen LogP contribution >= 0.6 is 0 Å². The molecule has 0 unspecified atom stereocenters. The van der Waals surface area contributed by atoms with Crippen molar-refractivity contribution in [3.63, 3.8) is 0 Å². The van der Waals surface area contributed by atoms with Crippen molar-refractivity contribution in [3.8, 4) is 17.2 Å². The molecule has 0 saturated heterocycles. The summed E-state index contributed by atoms with van der Waals surface area (Å²) in [6, 6.07) is 14.0. The average Bonchev–Trinajstić information content (AvgIpc) is 2.65. The van der Waals surface area contributed by atoms with Gasteiger partial charge in [-0.25, -0.2) is 4.79 Å². The van der Waals surface area contributed by atoms with Crippen LogP contribution in [0.1, 0.15) is 32.8 Å². The lowest BCUT2D eigenvalue weighted by Gasteiger charge is -2.24. The van der Waals surface area contributed by atoms with E-state index in [0.29, 0.717) is 24.7 Å². The highest BCUT2D eigenvalue weighted by molar-refractivity contribution is 7.86. The van der Waals surface area contributed by atoms with Crippen LogP contribution < -0.4 is 13.7 Å². The molecule has 0 fully saturated rings. The number of carbonyl (C=O) groups excluding carboxylic acids is 1. The van der Waals surface area contributed by atoms with Crippen molar-refractivity contribution >= 4 is 16.1 Å². The van der Waals surface area contributed by atoms with E-state index in [1.54, 1.807) is 45.0 Å². The van der Waals surface area contributed by atoms with Crippen molar-refractivity contribution in [2.45, 2.75) is 39.2 Å². The first-order valence-electron chi connectivity index (χ1n) is 9.66. The molecule has 0 amide bonds. The number of hydrogen-bond donors (Lipinski definition) is 0. The maximum Gasteiger partial charge on any atom is 0.349 e. The van der Waals surface area contributed by atoms with E-state index in [0.717, 1.165) is 24.7 Å². The number of rotatable bonds is 11. The number of carbonyl (C=O) groups is 1. The normalized spacial score (nSPS) is 11.6. The largest absolute Gasteiger partial charge is 0.493 e. The van der Waals surface area contributed by atoms with Gasteiger partial charge in [0, 0.05) is 6.07 Å². The zero-order valence-electron chi connectivity index (χ0n) is 17.7. The summed E-state index contributed by atoms with van der Waals surface area (Å²) in [5.41, 5.74) is 0.0508. The van der Waals surface area contributed by atoms with Crippen LogP contribution in [0.15, 0.2) is 48.5 Å². The Hall–Kier alpha value is -2.74. The Bertz CT molecular complexity index is 934. The Labute approximate surface area is 178 Å². The Morgan fingerprint density at radius 1 is 1.00 bits per heavy atom. The lowest BCUT2D eigenvalue weighted by Crippen LogP contribution is -2.39. The van der Waals surface area contributed by atoms with Crippen molar-refractivity contribution < 1.29 is 31.6 Å². The van der Waals surface area contributed by atoms with Gasteiger partial charge in [-0.2, -0.15) is 8.42 Å². The fraction of sp³-hybridized carbons (Fsp3) is 0.409. The van der Waals surface area contributed by atoms with E-state index >= 15 is 0 Å². The summed E-state index contributed by atoms with van der Waals surface area (Å²) < 4.78 is 43.7. The average molecular weight is 437 g/mol. The molecule has 0 spiro atoms. The van der Waals surface area contributed by atoms with Crippen LogP contribution in [0.4, 0.5) is 0 Å². The second-order valence-corrected chi connectivity index (χ2v) is 8.77. The minimum Gasteiger partial charge on any atom is -0.493 e. The first-order valence-corrected chi connectivity index (χ1v) is 11.5. The summed E-state index contributed by atoms with van der Waals surface area (Å²) in [4.78, 5) is 11.9. The maximum absolute atomic E-state index is 11.9. The first kappa shape index (κ1) is 23.5. The summed E-state index contributed by atoms with van der Waals surface area (Å²) in [6.45, 7) is 5.88. The molecule has 0 aliphatic carbocycles. The minimum absolute atomic E-state index is 0.219. The molecule has 0 radical (unpaired) electrons. The van der Waals surface area contributed by atoms with Gasteiger partial charge in [0.2, 0.25) is 0 Å². The highest BCUT2D eigenvalue weighted by Gasteiger charge is 2.31. The number of ether oxygens (including phenoxy) is 3. The third kappa shape index (κ3) is 7.94. The standard InChI is InChI=1S/C22H28O7S/c1-5-26-21(23)22(2,3)28-18-13-11-17(12-14-18)8-7-15-27-19-9-6-10-20(16-19)29-30(4,24)25/h6,9-14,16H,5,7-8,15H2,1-4H3. The molecule has 164 valence electrons. The number of aryl methyl sites for hydroxylation is 1. The van der Waals surface area contributed by atoms with Crippen LogP contribution in [-0.4, -0.2) is 39.5 Å². The summed E-state index contributed by atoms with van der Waals surface area (Å²) >= 11 is 0. The van der Waals surface area contributed by atoms with Crippen molar-refractivity contribution in [1.82, 2.24) is 0 Å². The van der Waals surface area contributed by atoms with E-state index in [-0.39, 0.29) is 5.75 Å². The smallest absolute Gasteiger partial charge is 0.349 e. The molecule has 0 aromatic heterocycles. The molecule has 0 saturated carbocycles. The van der Waals surface area contributed by atoms with Crippen LogP contribution in [-0.2, 0) is 26.1 Å². The third-order valence-electron chi connectivity index (χ3n) is 3.99. The fourth-order valence-electron chi connectivity index (χ4n) is 2.62. The maximum atomic E-state index is 11.9. The fourth-order valence-corrected chi connectivity index (χ4v) is 3.08. The van der Waals surface area contributed by atoms with Gasteiger partial charge >= 0.3 is 16.1 Å². The molecule has 0 bridgehead atoms. The minimum atomic E-state index is -3.57. The summed E-state index contributed by atoms with van der Waals surface area (Å²) in [6.07, 6.45) is 2.56. The van der Waals surface area contributed by atoms with E-state index in [1.165, 1.54) is 0 Å². The van der Waals surface area contributed by atoms with Gasteiger partial charge < -0.3 is 18.4 Å². The van der Waals surface area contributed by atoms with Gasteiger partial charge in [0.05, 0.1) is 19.5 Å². The molecule has 2 aromatic rings. The van der Waals surface area contributed by atoms with Gasteiger partial charge in [-0.3, -0.25) is 0 Å². The molecule has 8 heteroatoms. The second kappa shape index (κ2) is 10.3. The Morgan fingerprint density at radius 2 is 1.67 bits per heavy atom. The van der Waals surface area contributed by atoms with Crippen LogP contribution in [0, 0.1) is 0 Å². The number of hydrogen-bond acceptors (Lipinski definition) is 7. The van der Waals surface area contributed by atoms with Crippen molar-refractivity contribution in [2.75, 3.05) is 19.5 Å². The highest BCUT2D eigenvalue weighted by atomic mass is 32.2. The predicted molar refractivity (Wildman–Crippen MR) is 114 cm³/mol. The molecule has 30 heavy (non-hydrogen) atoms. The molecule has 7 nitrogen and oxygen atoms in total. The number of benzene rings is 2. The van der Waals surface area contributed by atoms with Crippen LogP contribution in [0.25, 0.3) is 0 Å². The van der Waals surface area contributed by atoms with Crippen LogP contribution in [0.3, 0.4) is 0 Å². The SMILES string of the molecule is CCOC(=O)C(C)(C)Oc1ccc(CCCOc2cccc(OS(C)(=O)=O)c2)cc1. The molecule has 2 rings (SSSR count). The molecule has 2 aromatic carbocycles. The summed E-state index contributed by atoms with van der Waals surface area (Å²) in [5.74, 6) is 0.949. The summed E-state index contributed by atoms with van der Waals surface area (Å²) in [5, 5.41) is 0. The Balaban J connectivity index is 1.81. The highest BCUT2D eigenvalue weighted by Crippen LogP contribution is 2.22. The molecule has 0 aliphatic rings. The lowest BCUT2D eigenvalue weighted by atomic mass is 10.1.